The number of hydrogen-bond donors (Lipinski definition) is 1. The molecule has 1 aromatic carbocycles. The maximum Gasteiger partial charge on any atom is 0.231 e. The van der Waals surface area contributed by atoms with Crippen LogP contribution >= 0.6 is 12.2 Å². The number of nitrogens with one attached hydrogen (secondary N) is 1. The molecule has 4 rings (SSSR count). The quantitative estimate of drug-likeness (QED) is 0.861. The van der Waals surface area contributed by atoms with Crippen molar-refractivity contribution in [3.05, 3.63) is 28.8 Å². The van der Waals surface area contributed by atoms with Gasteiger partial charge in [0.15, 0.2) is 22.1 Å². The molecule has 1 N–H and O–H groups in total. The highest BCUT2D eigenvalue weighted by atomic mass is 32.1. The molecule has 1 atom stereocenters. The van der Waals surface area contributed by atoms with E-state index in [9.17, 15) is 0 Å². The van der Waals surface area contributed by atoms with Crippen LogP contribution in [-0.2, 0) is 4.74 Å². The van der Waals surface area contributed by atoms with Gasteiger partial charge in [0, 0.05) is 12.7 Å². The van der Waals surface area contributed by atoms with Gasteiger partial charge in [-0.05, 0) is 37.2 Å². The first-order valence-corrected chi connectivity index (χ1v) is 6.93. The molecule has 2 aromatic rings. The summed E-state index contributed by atoms with van der Waals surface area (Å²) in [7, 11) is 0. The van der Waals surface area contributed by atoms with Gasteiger partial charge >= 0.3 is 0 Å². The molecule has 7 heteroatoms. The second-order valence-electron chi connectivity index (χ2n) is 4.76. The minimum Gasteiger partial charge on any atom is -0.454 e. The lowest BCUT2D eigenvalue weighted by Crippen LogP contribution is -2.07. The van der Waals surface area contributed by atoms with Gasteiger partial charge in [-0.2, -0.15) is 5.10 Å². The monoisotopic (exact) mass is 291 g/mol. The Morgan fingerprint density at radius 1 is 1.30 bits per heavy atom. The Morgan fingerprint density at radius 3 is 3.05 bits per heavy atom. The van der Waals surface area contributed by atoms with Crippen LogP contribution in [0.25, 0.3) is 5.69 Å². The molecule has 1 fully saturated rings. The summed E-state index contributed by atoms with van der Waals surface area (Å²) in [6.07, 6.45) is 2.00. The number of benzene rings is 1. The maximum atomic E-state index is 5.70. The van der Waals surface area contributed by atoms with Gasteiger partial charge in [0.2, 0.25) is 6.79 Å². The van der Waals surface area contributed by atoms with Gasteiger partial charge < -0.3 is 14.2 Å². The average molecular weight is 291 g/mol. The zero-order valence-corrected chi connectivity index (χ0v) is 11.5. The number of H-pyrrole nitrogens is 1. The third-order valence-electron chi connectivity index (χ3n) is 3.53. The molecular weight excluding hydrogens is 278 g/mol. The molecule has 0 bridgehead atoms. The molecule has 0 saturated carbocycles. The number of ether oxygens (including phenoxy) is 3. The summed E-state index contributed by atoms with van der Waals surface area (Å²) in [6, 6.07) is 5.73. The minimum absolute atomic E-state index is 0.00614. The standard InChI is InChI=1S/C13H13N3O3S/c20-13-15-14-12(10-2-1-5-17-10)16(13)8-3-4-9-11(6-8)19-7-18-9/h3-4,6,10H,1-2,5,7H2,(H,15,20)/t10-/m1/s1. The second kappa shape index (κ2) is 4.60. The largest absolute Gasteiger partial charge is 0.454 e. The molecular formula is C13H13N3O3S. The van der Waals surface area contributed by atoms with E-state index in [1.807, 2.05) is 22.8 Å². The molecule has 6 nitrogen and oxygen atoms in total. The highest BCUT2D eigenvalue weighted by Gasteiger charge is 2.25. The summed E-state index contributed by atoms with van der Waals surface area (Å²) in [5.41, 5.74) is 0.901. The number of fused-ring (bicyclic) bond motifs is 1. The normalized spacial score (nSPS) is 20.5. The zero-order valence-electron chi connectivity index (χ0n) is 10.7. The summed E-state index contributed by atoms with van der Waals surface area (Å²) in [5.74, 6) is 2.29. The molecule has 20 heavy (non-hydrogen) atoms. The van der Waals surface area contributed by atoms with Crippen LogP contribution in [0.2, 0.25) is 0 Å². The SMILES string of the molecule is S=c1[nH]nc([C@H]2CCCO2)n1-c1ccc2c(c1)OCO2. The smallest absolute Gasteiger partial charge is 0.231 e. The van der Waals surface area contributed by atoms with E-state index in [1.54, 1.807) is 0 Å². The average Bonchev–Trinajstić information content (AvgIpc) is 3.17. The molecule has 0 aliphatic carbocycles. The van der Waals surface area contributed by atoms with Crippen molar-refractivity contribution >= 4 is 12.2 Å². The first kappa shape index (κ1) is 11.9. The van der Waals surface area contributed by atoms with E-state index in [0.29, 0.717) is 4.77 Å². The van der Waals surface area contributed by atoms with Crippen LogP contribution in [0.1, 0.15) is 24.8 Å². The molecule has 0 spiro atoms. The Morgan fingerprint density at radius 2 is 2.20 bits per heavy atom. The maximum absolute atomic E-state index is 5.70. The van der Waals surface area contributed by atoms with Crippen molar-refractivity contribution in [3.63, 3.8) is 0 Å². The summed E-state index contributed by atoms with van der Waals surface area (Å²) < 4.78 is 18.9. The predicted molar refractivity (Wildman–Crippen MR) is 72.8 cm³/mol. The van der Waals surface area contributed by atoms with E-state index < -0.39 is 0 Å². The van der Waals surface area contributed by atoms with Crippen LogP contribution in [0.3, 0.4) is 0 Å². The van der Waals surface area contributed by atoms with Gasteiger partial charge in [-0.25, -0.2) is 0 Å². The fourth-order valence-electron chi connectivity index (χ4n) is 2.58. The van der Waals surface area contributed by atoms with E-state index in [1.165, 1.54) is 0 Å². The van der Waals surface area contributed by atoms with Crippen LogP contribution in [0, 0.1) is 4.77 Å². The Kier molecular flexibility index (Phi) is 2.75. The second-order valence-corrected chi connectivity index (χ2v) is 5.15. The Balaban J connectivity index is 1.81. The molecule has 1 aromatic heterocycles. The van der Waals surface area contributed by atoms with Crippen molar-refractivity contribution in [3.8, 4) is 17.2 Å². The molecule has 104 valence electrons. The van der Waals surface area contributed by atoms with Crippen LogP contribution in [0.4, 0.5) is 0 Å². The van der Waals surface area contributed by atoms with Crippen LogP contribution < -0.4 is 9.47 Å². The molecule has 2 aliphatic heterocycles. The van der Waals surface area contributed by atoms with E-state index in [2.05, 4.69) is 10.2 Å². The number of aromatic amines is 1. The van der Waals surface area contributed by atoms with Crippen LogP contribution in [0.5, 0.6) is 11.5 Å². The summed E-state index contributed by atoms with van der Waals surface area (Å²) in [4.78, 5) is 0. The highest BCUT2D eigenvalue weighted by Crippen LogP contribution is 2.35. The molecule has 0 unspecified atom stereocenters. The van der Waals surface area contributed by atoms with E-state index >= 15 is 0 Å². The third-order valence-corrected chi connectivity index (χ3v) is 3.80. The van der Waals surface area contributed by atoms with Gasteiger partial charge in [0.05, 0.1) is 5.69 Å². The van der Waals surface area contributed by atoms with Crippen molar-refractivity contribution in [2.75, 3.05) is 13.4 Å². The lowest BCUT2D eigenvalue weighted by Gasteiger charge is -2.12. The summed E-state index contributed by atoms with van der Waals surface area (Å²) in [5, 5.41) is 7.16. The van der Waals surface area contributed by atoms with Crippen LogP contribution in [0.15, 0.2) is 18.2 Å². The van der Waals surface area contributed by atoms with Gasteiger partial charge in [0.25, 0.3) is 0 Å². The topological polar surface area (TPSA) is 61.3 Å². The third kappa shape index (κ3) is 1.82. The number of rotatable bonds is 2. The lowest BCUT2D eigenvalue weighted by molar-refractivity contribution is 0.103. The number of nitrogens with zero attached hydrogens (tertiary/aromatic N) is 2. The first-order valence-electron chi connectivity index (χ1n) is 6.52. The van der Waals surface area contributed by atoms with E-state index in [-0.39, 0.29) is 12.9 Å². The summed E-state index contributed by atoms with van der Waals surface area (Å²) in [6.45, 7) is 1.03. The van der Waals surface area contributed by atoms with Crippen molar-refractivity contribution < 1.29 is 14.2 Å². The lowest BCUT2D eigenvalue weighted by atomic mass is 10.2. The highest BCUT2D eigenvalue weighted by molar-refractivity contribution is 7.71. The van der Waals surface area contributed by atoms with Crippen molar-refractivity contribution in [1.82, 2.24) is 14.8 Å². The predicted octanol–water partition coefficient (Wildman–Crippen LogP) is 2.51. The summed E-state index contributed by atoms with van der Waals surface area (Å²) >= 11 is 5.34. The molecule has 0 amide bonds. The Bertz CT molecular complexity index is 703. The zero-order chi connectivity index (χ0) is 13.5. The van der Waals surface area contributed by atoms with Gasteiger partial charge in [-0.1, -0.05) is 0 Å². The fraction of sp³-hybridized carbons (Fsp3) is 0.385. The Hall–Kier alpha value is -1.86. The Labute approximate surface area is 120 Å². The van der Waals surface area contributed by atoms with Gasteiger partial charge in [-0.3, -0.25) is 9.67 Å². The van der Waals surface area contributed by atoms with E-state index in [4.69, 9.17) is 26.4 Å². The van der Waals surface area contributed by atoms with Gasteiger partial charge in [-0.15, -0.1) is 0 Å². The van der Waals surface area contributed by atoms with Crippen LogP contribution in [-0.4, -0.2) is 28.2 Å². The minimum atomic E-state index is -0.00614. The number of hydrogen-bond acceptors (Lipinski definition) is 5. The molecule has 1 saturated heterocycles. The first-order chi connectivity index (χ1) is 9.83. The van der Waals surface area contributed by atoms with Crippen molar-refractivity contribution in [2.45, 2.75) is 18.9 Å². The van der Waals surface area contributed by atoms with E-state index in [0.717, 1.165) is 42.5 Å². The number of aromatic nitrogens is 3. The van der Waals surface area contributed by atoms with Crippen molar-refractivity contribution in [2.24, 2.45) is 0 Å². The fourth-order valence-corrected chi connectivity index (χ4v) is 2.82. The van der Waals surface area contributed by atoms with Crippen molar-refractivity contribution in [1.29, 1.82) is 0 Å². The molecule has 3 heterocycles. The molecule has 0 radical (unpaired) electrons. The van der Waals surface area contributed by atoms with Gasteiger partial charge in [0.1, 0.15) is 6.10 Å². The molecule has 2 aliphatic rings.